The third-order valence-electron chi connectivity index (χ3n) is 5.03. The lowest BCUT2D eigenvalue weighted by Gasteiger charge is -2.12. The highest BCUT2D eigenvalue weighted by Gasteiger charge is 2.09. The van der Waals surface area contributed by atoms with E-state index < -0.39 is 0 Å². The van der Waals surface area contributed by atoms with Crippen LogP contribution in [0.25, 0.3) is 0 Å². The van der Waals surface area contributed by atoms with Crippen molar-refractivity contribution in [2.24, 2.45) is 0 Å². The Labute approximate surface area is 205 Å². The fourth-order valence-electron chi connectivity index (χ4n) is 3.31. The van der Waals surface area contributed by atoms with Crippen molar-refractivity contribution in [3.63, 3.8) is 0 Å². The van der Waals surface area contributed by atoms with Crippen LogP contribution in [-0.2, 0) is 16.0 Å². The van der Waals surface area contributed by atoms with Gasteiger partial charge >= 0.3 is 0 Å². The van der Waals surface area contributed by atoms with Gasteiger partial charge in [0.2, 0.25) is 11.8 Å². The normalized spacial score (nSPS) is 10.4. The number of benzene rings is 3. The summed E-state index contributed by atoms with van der Waals surface area (Å²) in [6, 6.07) is 22.8. The first-order valence-corrected chi connectivity index (χ1v) is 11.8. The molecular formula is C27H30ClN3O3. The van der Waals surface area contributed by atoms with E-state index in [1.807, 2.05) is 49.4 Å². The molecule has 0 bridgehead atoms. The first-order chi connectivity index (χ1) is 16.5. The monoisotopic (exact) mass is 479 g/mol. The summed E-state index contributed by atoms with van der Waals surface area (Å²) in [6.07, 6.45) is 3.12. The number of anilines is 3. The van der Waals surface area contributed by atoms with Crippen LogP contribution in [0.2, 0.25) is 5.02 Å². The van der Waals surface area contributed by atoms with E-state index in [1.165, 1.54) is 5.56 Å². The average molecular weight is 480 g/mol. The van der Waals surface area contributed by atoms with Gasteiger partial charge in [-0.3, -0.25) is 9.59 Å². The number of nitrogens with one attached hydrogen (secondary N) is 3. The van der Waals surface area contributed by atoms with Gasteiger partial charge in [-0.15, -0.1) is 0 Å². The first-order valence-electron chi connectivity index (χ1n) is 11.4. The Morgan fingerprint density at radius 3 is 2.35 bits per heavy atom. The predicted molar refractivity (Wildman–Crippen MR) is 139 cm³/mol. The maximum atomic E-state index is 12.4. The van der Waals surface area contributed by atoms with Gasteiger partial charge in [0.05, 0.1) is 23.9 Å². The quantitative estimate of drug-likeness (QED) is 0.272. The van der Waals surface area contributed by atoms with Crippen molar-refractivity contribution in [2.75, 3.05) is 29.1 Å². The van der Waals surface area contributed by atoms with Crippen molar-refractivity contribution in [2.45, 2.75) is 32.6 Å². The Morgan fingerprint density at radius 1 is 0.882 bits per heavy atom. The van der Waals surface area contributed by atoms with Crippen LogP contribution in [-0.4, -0.2) is 25.0 Å². The Bertz CT molecular complexity index is 1070. The van der Waals surface area contributed by atoms with Crippen LogP contribution in [0.5, 0.6) is 5.75 Å². The molecule has 3 N–H and O–H groups in total. The van der Waals surface area contributed by atoms with Crippen LogP contribution in [0.1, 0.15) is 31.7 Å². The lowest BCUT2D eigenvalue weighted by molar-refractivity contribution is -0.116. The maximum absolute atomic E-state index is 12.4. The third-order valence-corrected chi connectivity index (χ3v) is 5.36. The SMILES string of the molecule is CCCC(=O)Nc1ccc(Cl)c(NC(=O)CNc2ccc(OCCCc3ccccc3)cc2)c1. The molecule has 2 amide bonds. The van der Waals surface area contributed by atoms with Gasteiger partial charge in [-0.05, 0) is 67.3 Å². The molecule has 0 fully saturated rings. The molecule has 3 aromatic rings. The minimum absolute atomic E-state index is 0.0695. The molecule has 0 saturated carbocycles. The van der Waals surface area contributed by atoms with E-state index >= 15 is 0 Å². The number of ether oxygens (including phenoxy) is 1. The van der Waals surface area contributed by atoms with Gasteiger partial charge in [-0.2, -0.15) is 0 Å². The first kappa shape index (κ1) is 25.1. The molecule has 3 aromatic carbocycles. The molecule has 178 valence electrons. The van der Waals surface area contributed by atoms with Gasteiger partial charge in [0.1, 0.15) is 5.75 Å². The Hall–Kier alpha value is -3.51. The van der Waals surface area contributed by atoms with Crippen molar-refractivity contribution in [3.8, 4) is 5.75 Å². The van der Waals surface area contributed by atoms with Crippen LogP contribution in [0, 0.1) is 0 Å². The number of halogens is 1. The van der Waals surface area contributed by atoms with Gasteiger partial charge < -0.3 is 20.7 Å². The Kier molecular flexibility index (Phi) is 9.80. The lowest BCUT2D eigenvalue weighted by atomic mass is 10.1. The van der Waals surface area contributed by atoms with E-state index in [4.69, 9.17) is 16.3 Å². The van der Waals surface area contributed by atoms with Crippen molar-refractivity contribution in [1.82, 2.24) is 0 Å². The molecule has 0 aromatic heterocycles. The van der Waals surface area contributed by atoms with Crippen molar-refractivity contribution in [1.29, 1.82) is 0 Å². The Morgan fingerprint density at radius 2 is 1.62 bits per heavy atom. The van der Waals surface area contributed by atoms with E-state index in [1.54, 1.807) is 18.2 Å². The summed E-state index contributed by atoms with van der Waals surface area (Å²) < 4.78 is 5.80. The summed E-state index contributed by atoms with van der Waals surface area (Å²) in [6.45, 7) is 2.65. The zero-order valence-corrected chi connectivity index (χ0v) is 20.0. The summed E-state index contributed by atoms with van der Waals surface area (Å²) in [7, 11) is 0. The number of rotatable bonds is 12. The molecule has 0 unspecified atom stereocenters. The molecule has 0 aliphatic rings. The molecule has 7 heteroatoms. The molecule has 3 rings (SSSR count). The smallest absolute Gasteiger partial charge is 0.243 e. The zero-order chi connectivity index (χ0) is 24.2. The second kappa shape index (κ2) is 13.3. The van der Waals surface area contributed by atoms with Gasteiger partial charge in [-0.1, -0.05) is 48.9 Å². The van der Waals surface area contributed by atoms with Crippen LogP contribution in [0.4, 0.5) is 17.1 Å². The largest absolute Gasteiger partial charge is 0.494 e. The molecule has 0 atom stereocenters. The third kappa shape index (κ3) is 8.45. The summed E-state index contributed by atoms with van der Waals surface area (Å²) in [5, 5.41) is 9.05. The van der Waals surface area contributed by atoms with E-state index in [0.29, 0.717) is 29.4 Å². The molecule has 0 spiro atoms. The van der Waals surface area contributed by atoms with Crippen LogP contribution >= 0.6 is 11.6 Å². The number of carbonyl (C=O) groups excluding carboxylic acids is 2. The lowest BCUT2D eigenvalue weighted by Crippen LogP contribution is -2.22. The fourth-order valence-corrected chi connectivity index (χ4v) is 3.47. The maximum Gasteiger partial charge on any atom is 0.243 e. The number of hydrogen-bond acceptors (Lipinski definition) is 4. The van der Waals surface area contributed by atoms with Gasteiger partial charge in [0.25, 0.3) is 0 Å². The molecule has 6 nitrogen and oxygen atoms in total. The van der Waals surface area contributed by atoms with Crippen molar-refractivity contribution in [3.05, 3.63) is 83.4 Å². The van der Waals surface area contributed by atoms with Crippen molar-refractivity contribution < 1.29 is 14.3 Å². The standard InChI is InChI=1S/C27H30ClN3O3/c1-2-7-26(32)30-22-13-16-24(28)25(18-22)31-27(33)19-29-21-11-14-23(15-12-21)34-17-6-10-20-8-4-3-5-9-20/h3-5,8-9,11-16,18,29H,2,6-7,10,17,19H2,1H3,(H,30,32)(H,31,33). The predicted octanol–water partition coefficient (Wildman–Crippen LogP) is 6.14. The highest BCUT2D eigenvalue weighted by molar-refractivity contribution is 6.33. The summed E-state index contributed by atoms with van der Waals surface area (Å²) in [5.74, 6) is 0.462. The number of amides is 2. The molecular weight excluding hydrogens is 450 g/mol. The zero-order valence-electron chi connectivity index (χ0n) is 19.3. The molecule has 0 aliphatic heterocycles. The summed E-state index contributed by atoms with van der Waals surface area (Å²) in [5.41, 5.74) is 3.14. The van der Waals surface area contributed by atoms with E-state index in [0.717, 1.165) is 30.7 Å². The minimum atomic E-state index is -0.250. The number of aryl methyl sites for hydroxylation is 1. The molecule has 0 radical (unpaired) electrons. The highest BCUT2D eigenvalue weighted by Crippen LogP contribution is 2.26. The Balaban J connectivity index is 1.42. The fraction of sp³-hybridized carbons (Fsp3) is 0.259. The summed E-state index contributed by atoms with van der Waals surface area (Å²) in [4.78, 5) is 24.2. The molecule has 34 heavy (non-hydrogen) atoms. The number of carbonyl (C=O) groups is 2. The topological polar surface area (TPSA) is 79.5 Å². The highest BCUT2D eigenvalue weighted by atomic mass is 35.5. The van der Waals surface area contributed by atoms with Gasteiger partial charge in [0, 0.05) is 17.8 Å². The molecule has 0 saturated heterocycles. The minimum Gasteiger partial charge on any atom is -0.494 e. The van der Waals surface area contributed by atoms with Crippen molar-refractivity contribution >= 4 is 40.5 Å². The van der Waals surface area contributed by atoms with Gasteiger partial charge in [0.15, 0.2) is 0 Å². The number of hydrogen-bond donors (Lipinski definition) is 3. The van der Waals surface area contributed by atoms with Crippen LogP contribution in [0.3, 0.4) is 0 Å². The second-order valence-corrected chi connectivity index (χ2v) is 8.26. The van der Waals surface area contributed by atoms with Crippen LogP contribution in [0.15, 0.2) is 72.8 Å². The average Bonchev–Trinajstić information content (AvgIpc) is 2.84. The second-order valence-electron chi connectivity index (χ2n) is 7.86. The van der Waals surface area contributed by atoms with Gasteiger partial charge in [-0.25, -0.2) is 0 Å². The molecule has 0 heterocycles. The summed E-state index contributed by atoms with van der Waals surface area (Å²) >= 11 is 6.20. The van der Waals surface area contributed by atoms with E-state index in [-0.39, 0.29) is 18.4 Å². The van der Waals surface area contributed by atoms with Crippen LogP contribution < -0.4 is 20.7 Å². The van der Waals surface area contributed by atoms with E-state index in [9.17, 15) is 9.59 Å². The molecule has 0 aliphatic carbocycles. The van der Waals surface area contributed by atoms with E-state index in [2.05, 4.69) is 28.1 Å².